The number of methoxy groups -OCH3 is 1. The lowest BCUT2D eigenvalue weighted by atomic mass is 10.1. The predicted octanol–water partition coefficient (Wildman–Crippen LogP) is 3.59. The van der Waals surface area contributed by atoms with Crippen LogP contribution in [0.5, 0.6) is 5.75 Å². The molecule has 1 amide bonds. The van der Waals surface area contributed by atoms with Crippen LogP contribution >= 0.6 is 11.6 Å². The summed E-state index contributed by atoms with van der Waals surface area (Å²) in [6.45, 7) is 2.30. The maximum atomic E-state index is 12.1. The van der Waals surface area contributed by atoms with Gasteiger partial charge in [-0.15, -0.1) is 0 Å². The van der Waals surface area contributed by atoms with Crippen LogP contribution in [0.3, 0.4) is 0 Å². The van der Waals surface area contributed by atoms with Crippen molar-refractivity contribution >= 4 is 17.5 Å². The molecule has 1 N–H and O–H groups in total. The SMILES string of the molecule is COc1ccc(CNC(=O)c2cccc(Cl)c2C)cc1. The molecule has 0 spiro atoms. The molecule has 0 atom stereocenters. The van der Waals surface area contributed by atoms with Gasteiger partial charge in [0.25, 0.3) is 5.91 Å². The molecular formula is C16H16ClNO2. The maximum absolute atomic E-state index is 12.1. The third-order valence-electron chi connectivity index (χ3n) is 3.12. The van der Waals surface area contributed by atoms with E-state index in [9.17, 15) is 4.79 Å². The van der Waals surface area contributed by atoms with E-state index in [1.807, 2.05) is 31.2 Å². The average molecular weight is 290 g/mol. The van der Waals surface area contributed by atoms with Gasteiger partial charge >= 0.3 is 0 Å². The summed E-state index contributed by atoms with van der Waals surface area (Å²) < 4.78 is 5.09. The van der Waals surface area contributed by atoms with E-state index in [-0.39, 0.29) is 5.91 Å². The summed E-state index contributed by atoms with van der Waals surface area (Å²) in [6.07, 6.45) is 0. The highest BCUT2D eigenvalue weighted by Crippen LogP contribution is 2.18. The van der Waals surface area contributed by atoms with Crippen LogP contribution in [-0.4, -0.2) is 13.0 Å². The minimum Gasteiger partial charge on any atom is -0.497 e. The molecule has 0 aliphatic rings. The second kappa shape index (κ2) is 6.44. The van der Waals surface area contributed by atoms with Gasteiger partial charge < -0.3 is 10.1 Å². The van der Waals surface area contributed by atoms with E-state index in [1.165, 1.54) is 0 Å². The van der Waals surface area contributed by atoms with Gasteiger partial charge in [0.1, 0.15) is 5.75 Å². The number of carbonyl (C=O) groups excluding carboxylic acids is 1. The zero-order chi connectivity index (χ0) is 14.5. The summed E-state index contributed by atoms with van der Waals surface area (Å²) >= 11 is 6.01. The fourth-order valence-corrected chi connectivity index (χ4v) is 2.05. The van der Waals surface area contributed by atoms with Crippen molar-refractivity contribution in [1.29, 1.82) is 0 Å². The van der Waals surface area contributed by atoms with Crippen LogP contribution in [-0.2, 0) is 6.54 Å². The molecule has 0 aliphatic heterocycles. The molecular weight excluding hydrogens is 274 g/mol. The van der Waals surface area contributed by atoms with Gasteiger partial charge in [0.2, 0.25) is 0 Å². The number of hydrogen-bond acceptors (Lipinski definition) is 2. The van der Waals surface area contributed by atoms with Crippen molar-refractivity contribution in [2.24, 2.45) is 0 Å². The Hall–Kier alpha value is -2.00. The monoisotopic (exact) mass is 289 g/mol. The van der Waals surface area contributed by atoms with Gasteiger partial charge in [-0.05, 0) is 42.3 Å². The van der Waals surface area contributed by atoms with Gasteiger partial charge in [-0.3, -0.25) is 4.79 Å². The molecule has 0 aliphatic carbocycles. The van der Waals surface area contributed by atoms with Crippen molar-refractivity contribution in [3.05, 3.63) is 64.2 Å². The van der Waals surface area contributed by atoms with E-state index >= 15 is 0 Å². The molecule has 0 saturated carbocycles. The molecule has 0 radical (unpaired) electrons. The zero-order valence-corrected chi connectivity index (χ0v) is 12.2. The van der Waals surface area contributed by atoms with Crippen LogP contribution < -0.4 is 10.1 Å². The number of halogens is 1. The van der Waals surface area contributed by atoms with Crippen LogP contribution in [0, 0.1) is 6.92 Å². The van der Waals surface area contributed by atoms with E-state index in [0.717, 1.165) is 16.9 Å². The fraction of sp³-hybridized carbons (Fsp3) is 0.188. The number of hydrogen-bond donors (Lipinski definition) is 1. The minimum atomic E-state index is -0.124. The van der Waals surface area contributed by atoms with E-state index < -0.39 is 0 Å². The second-order valence-corrected chi connectivity index (χ2v) is 4.85. The van der Waals surface area contributed by atoms with Gasteiger partial charge in [-0.1, -0.05) is 29.8 Å². The number of amides is 1. The Bertz CT molecular complexity index is 608. The molecule has 0 unspecified atom stereocenters. The van der Waals surface area contributed by atoms with Crippen molar-refractivity contribution in [3.8, 4) is 5.75 Å². The van der Waals surface area contributed by atoms with Crippen molar-refractivity contribution in [1.82, 2.24) is 5.32 Å². The summed E-state index contributed by atoms with van der Waals surface area (Å²) in [6, 6.07) is 12.9. The van der Waals surface area contributed by atoms with Crippen molar-refractivity contribution in [3.63, 3.8) is 0 Å². The van der Waals surface area contributed by atoms with Crippen molar-refractivity contribution < 1.29 is 9.53 Å². The van der Waals surface area contributed by atoms with Gasteiger partial charge in [-0.25, -0.2) is 0 Å². The highest BCUT2D eigenvalue weighted by molar-refractivity contribution is 6.31. The quantitative estimate of drug-likeness (QED) is 0.934. The third kappa shape index (κ3) is 3.31. The Morgan fingerprint density at radius 2 is 1.90 bits per heavy atom. The Morgan fingerprint density at radius 3 is 2.55 bits per heavy atom. The lowest BCUT2D eigenvalue weighted by Gasteiger charge is -2.09. The zero-order valence-electron chi connectivity index (χ0n) is 11.4. The Balaban J connectivity index is 2.02. The molecule has 0 heterocycles. The van der Waals surface area contributed by atoms with E-state index in [4.69, 9.17) is 16.3 Å². The van der Waals surface area contributed by atoms with Gasteiger partial charge in [-0.2, -0.15) is 0 Å². The van der Waals surface area contributed by atoms with Gasteiger partial charge in [0, 0.05) is 17.1 Å². The van der Waals surface area contributed by atoms with Crippen LogP contribution in [0.15, 0.2) is 42.5 Å². The Morgan fingerprint density at radius 1 is 1.20 bits per heavy atom. The van der Waals surface area contributed by atoms with Crippen LogP contribution in [0.1, 0.15) is 21.5 Å². The molecule has 2 rings (SSSR count). The lowest BCUT2D eigenvalue weighted by Crippen LogP contribution is -2.23. The molecule has 2 aromatic carbocycles. The molecule has 0 saturated heterocycles. The van der Waals surface area contributed by atoms with E-state index in [2.05, 4.69) is 5.32 Å². The molecule has 2 aromatic rings. The van der Waals surface area contributed by atoms with Crippen LogP contribution in [0.4, 0.5) is 0 Å². The number of carbonyl (C=O) groups is 1. The first-order chi connectivity index (χ1) is 9.61. The first kappa shape index (κ1) is 14.4. The van der Waals surface area contributed by atoms with Crippen molar-refractivity contribution in [2.75, 3.05) is 7.11 Å². The smallest absolute Gasteiger partial charge is 0.251 e. The summed E-state index contributed by atoms with van der Waals surface area (Å²) in [4.78, 5) is 12.1. The lowest BCUT2D eigenvalue weighted by molar-refractivity contribution is 0.0950. The normalized spacial score (nSPS) is 10.2. The molecule has 0 fully saturated rings. The van der Waals surface area contributed by atoms with Crippen LogP contribution in [0.25, 0.3) is 0 Å². The topological polar surface area (TPSA) is 38.3 Å². The highest BCUT2D eigenvalue weighted by atomic mass is 35.5. The number of rotatable bonds is 4. The highest BCUT2D eigenvalue weighted by Gasteiger charge is 2.10. The molecule has 3 nitrogen and oxygen atoms in total. The first-order valence-corrected chi connectivity index (χ1v) is 6.66. The van der Waals surface area contributed by atoms with E-state index in [1.54, 1.807) is 25.3 Å². The van der Waals surface area contributed by atoms with Crippen molar-refractivity contribution in [2.45, 2.75) is 13.5 Å². The minimum absolute atomic E-state index is 0.124. The number of nitrogens with one attached hydrogen (secondary N) is 1. The summed E-state index contributed by atoms with van der Waals surface area (Å²) in [5, 5.41) is 3.48. The summed E-state index contributed by atoms with van der Waals surface area (Å²) in [7, 11) is 1.62. The number of benzene rings is 2. The predicted molar refractivity (Wildman–Crippen MR) is 80.4 cm³/mol. The maximum Gasteiger partial charge on any atom is 0.251 e. The molecule has 0 aromatic heterocycles. The average Bonchev–Trinajstić information content (AvgIpc) is 2.48. The van der Waals surface area contributed by atoms with Gasteiger partial charge in [0.05, 0.1) is 7.11 Å². The standard InChI is InChI=1S/C16H16ClNO2/c1-11-14(4-3-5-15(11)17)16(19)18-10-12-6-8-13(20-2)9-7-12/h3-9H,10H2,1-2H3,(H,18,19). The summed E-state index contributed by atoms with van der Waals surface area (Å²) in [5.74, 6) is 0.673. The molecule has 20 heavy (non-hydrogen) atoms. The van der Waals surface area contributed by atoms with Crippen LogP contribution in [0.2, 0.25) is 5.02 Å². The fourth-order valence-electron chi connectivity index (χ4n) is 1.87. The third-order valence-corrected chi connectivity index (χ3v) is 3.53. The van der Waals surface area contributed by atoms with E-state index in [0.29, 0.717) is 17.1 Å². The molecule has 0 bridgehead atoms. The largest absolute Gasteiger partial charge is 0.497 e. The second-order valence-electron chi connectivity index (χ2n) is 4.44. The Kier molecular flexibility index (Phi) is 4.64. The van der Waals surface area contributed by atoms with Gasteiger partial charge in [0.15, 0.2) is 0 Å². The summed E-state index contributed by atoms with van der Waals surface area (Å²) in [5.41, 5.74) is 2.41. The molecule has 4 heteroatoms. The number of ether oxygens (including phenoxy) is 1. The molecule has 104 valence electrons. The Labute approximate surface area is 123 Å². The first-order valence-electron chi connectivity index (χ1n) is 6.28.